The van der Waals surface area contributed by atoms with Crippen LogP contribution in [0.3, 0.4) is 0 Å². The lowest BCUT2D eigenvalue weighted by Gasteiger charge is -2.40. The summed E-state index contributed by atoms with van der Waals surface area (Å²) in [6.45, 7) is 0. The molecule has 2 aliphatic heterocycles. The van der Waals surface area contributed by atoms with Gasteiger partial charge in [-0.05, 0) is 44.2 Å². The minimum atomic E-state index is -0.967. The van der Waals surface area contributed by atoms with Crippen LogP contribution >= 0.6 is 0 Å². The van der Waals surface area contributed by atoms with Gasteiger partial charge in [-0.2, -0.15) is 10.4 Å². The largest absolute Gasteiger partial charge is 0.507 e. The van der Waals surface area contributed by atoms with Crippen molar-refractivity contribution < 1.29 is 13.9 Å². The number of nitrogens with one attached hydrogen (secondary N) is 1. The van der Waals surface area contributed by atoms with Crippen molar-refractivity contribution in [1.82, 2.24) is 30.3 Å². The monoisotopic (exact) mass is 464 g/mol. The van der Waals surface area contributed by atoms with Crippen LogP contribution in [0.5, 0.6) is 5.75 Å². The molecule has 174 valence electrons. The second-order valence-corrected chi connectivity index (χ2v) is 9.16. The summed E-state index contributed by atoms with van der Waals surface area (Å²) in [5, 5.41) is 35.2. The third-order valence-electron chi connectivity index (χ3n) is 6.93. The molecule has 2 bridgehead atoms. The quantitative estimate of drug-likeness (QED) is 0.592. The van der Waals surface area contributed by atoms with E-state index in [2.05, 4.69) is 30.5 Å². The van der Waals surface area contributed by atoms with Gasteiger partial charge in [0.05, 0.1) is 29.7 Å². The first-order chi connectivity index (χ1) is 16.5. The average Bonchev–Trinajstić information content (AvgIpc) is 3.48. The Hall–Kier alpha value is -3.65. The molecule has 6 rings (SSSR count). The number of nitrogens with zero attached hydrogens (tertiary/aromatic N) is 7. The molecule has 34 heavy (non-hydrogen) atoms. The highest BCUT2D eigenvalue weighted by atomic mass is 19.1. The summed E-state index contributed by atoms with van der Waals surface area (Å²) < 4.78 is 30.1. The Balaban J connectivity index is 1.26. The molecule has 3 aliphatic rings. The molecule has 4 heterocycles. The molecule has 1 aliphatic carbocycles. The van der Waals surface area contributed by atoms with E-state index in [4.69, 9.17) is 5.26 Å². The maximum atomic E-state index is 15.2. The maximum absolute atomic E-state index is 15.2. The van der Waals surface area contributed by atoms with E-state index in [1.54, 1.807) is 24.4 Å². The second-order valence-electron chi connectivity index (χ2n) is 9.16. The van der Waals surface area contributed by atoms with Crippen LogP contribution in [0.15, 0.2) is 30.6 Å². The number of aromatic hydroxyl groups is 1. The lowest BCUT2D eigenvalue weighted by Crippen LogP contribution is -2.57. The predicted molar refractivity (Wildman–Crippen MR) is 117 cm³/mol. The van der Waals surface area contributed by atoms with E-state index in [0.717, 1.165) is 38.3 Å². The molecule has 1 saturated carbocycles. The Bertz CT molecular complexity index is 1270. The van der Waals surface area contributed by atoms with Crippen molar-refractivity contribution in [2.45, 2.75) is 62.4 Å². The van der Waals surface area contributed by atoms with Gasteiger partial charge in [-0.3, -0.25) is 0 Å². The summed E-state index contributed by atoms with van der Waals surface area (Å²) >= 11 is 0. The van der Waals surface area contributed by atoms with Crippen molar-refractivity contribution in [3.05, 3.63) is 42.1 Å². The first kappa shape index (κ1) is 20.9. The number of phenolic OH excluding ortho intramolecular Hbond substituents is 1. The Morgan fingerprint density at radius 2 is 2.06 bits per heavy atom. The van der Waals surface area contributed by atoms with E-state index >= 15 is 4.39 Å². The van der Waals surface area contributed by atoms with E-state index in [1.165, 1.54) is 10.7 Å². The highest BCUT2D eigenvalue weighted by Gasteiger charge is 2.48. The molecule has 1 aromatic carbocycles. The van der Waals surface area contributed by atoms with Crippen molar-refractivity contribution in [2.24, 2.45) is 0 Å². The molecule has 2 N–H and O–H groups in total. The Kier molecular flexibility index (Phi) is 4.91. The summed E-state index contributed by atoms with van der Waals surface area (Å²) in [7, 11) is 0. The molecule has 11 heteroatoms. The van der Waals surface area contributed by atoms with Crippen molar-refractivity contribution >= 4 is 5.82 Å². The third kappa shape index (κ3) is 3.54. The van der Waals surface area contributed by atoms with Gasteiger partial charge >= 0.3 is 0 Å². The van der Waals surface area contributed by atoms with E-state index in [1.807, 2.05) is 0 Å². The molecule has 0 amide bonds. The summed E-state index contributed by atoms with van der Waals surface area (Å²) in [5.74, 6) is -0.117. The lowest BCUT2D eigenvalue weighted by atomic mass is 9.96. The molecule has 4 atom stereocenters. The molecular formula is C23H22F2N8O. The number of piperidine rings is 1. The zero-order valence-electron chi connectivity index (χ0n) is 18.1. The SMILES string of the molecule is N#Cc1nn(-c2ccc(-c3ncc(N(C4CC4)[C@@H]4C[C@H]5CC[C@H](N5)[C@@H]4F)nn3)c(O)c2)cc1F. The van der Waals surface area contributed by atoms with Crippen LogP contribution in [-0.4, -0.2) is 60.4 Å². The predicted octanol–water partition coefficient (Wildman–Crippen LogP) is 2.64. The summed E-state index contributed by atoms with van der Waals surface area (Å²) in [6, 6.07) is 6.48. The fraction of sp³-hybridized carbons (Fsp3) is 0.435. The first-order valence-electron chi connectivity index (χ1n) is 11.4. The number of phenols is 1. The molecule has 2 aromatic heterocycles. The van der Waals surface area contributed by atoms with Crippen molar-refractivity contribution in [3.8, 4) is 28.9 Å². The van der Waals surface area contributed by atoms with Gasteiger partial charge in [0.1, 0.15) is 18.0 Å². The lowest BCUT2D eigenvalue weighted by molar-refractivity contribution is 0.171. The van der Waals surface area contributed by atoms with Crippen LogP contribution in [0.2, 0.25) is 0 Å². The van der Waals surface area contributed by atoms with Gasteiger partial charge in [-0.25, -0.2) is 18.4 Å². The standard InChI is InChI=1S/C23H22F2N8O/c24-16-11-32(31-18(16)9-26)14-4-5-15(20(34)8-14)23-27-10-21(29-30-23)33(13-2-3-13)19-7-12-1-6-17(28-12)22(19)25/h4-5,8,10-13,17,19,22,28,34H,1-3,6-7H2/t12-,17+,19-,22+/m1/s1. The van der Waals surface area contributed by atoms with Gasteiger partial charge in [0, 0.05) is 24.2 Å². The minimum absolute atomic E-state index is 0.104. The van der Waals surface area contributed by atoms with Crippen LogP contribution in [0.1, 0.15) is 37.8 Å². The molecule has 3 aromatic rings. The van der Waals surface area contributed by atoms with Crippen LogP contribution in [-0.2, 0) is 0 Å². The van der Waals surface area contributed by atoms with Gasteiger partial charge in [-0.1, -0.05) is 0 Å². The topological polar surface area (TPSA) is 116 Å². The Morgan fingerprint density at radius 3 is 2.74 bits per heavy atom. The number of hydrogen-bond acceptors (Lipinski definition) is 8. The molecule has 3 fully saturated rings. The normalized spacial score (nSPS) is 25.8. The van der Waals surface area contributed by atoms with Crippen LogP contribution in [0.4, 0.5) is 14.6 Å². The van der Waals surface area contributed by atoms with E-state index < -0.39 is 12.0 Å². The molecule has 0 unspecified atom stereocenters. The van der Waals surface area contributed by atoms with Gasteiger partial charge < -0.3 is 15.3 Å². The summed E-state index contributed by atoms with van der Waals surface area (Å²) in [5.41, 5.74) is 0.391. The molecule has 0 spiro atoms. The number of anilines is 1. The fourth-order valence-corrected chi connectivity index (χ4v) is 5.15. The first-order valence-corrected chi connectivity index (χ1v) is 11.4. The van der Waals surface area contributed by atoms with Gasteiger partial charge in [0.15, 0.2) is 23.2 Å². The number of hydrogen-bond donors (Lipinski definition) is 2. The highest BCUT2D eigenvalue weighted by molar-refractivity contribution is 5.66. The van der Waals surface area contributed by atoms with Crippen LogP contribution in [0, 0.1) is 17.1 Å². The molecule has 9 nitrogen and oxygen atoms in total. The maximum Gasteiger partial charge on any atom is 0.198 e. The Morgan fingerprint density at radius 1 is 1.21 bits per heavy atom. The third-order valence-corrected chi connectivity index (χ3v) is 6.93. The summed E-state index contributed by atoms with van der Waals surface area (Å²) in [4.78, 5) is 6.47. The van der Waals surface area contributed by atoms with Gasteiger partial charge in [-0.15, -0.1) is 10.2 Å². The number of benzene rings is 1. The smallest absolute Gasteiger partial charge is 0.198 e. The second kappa shape index (κ2) is 7.99. The number of nitriles is 1. The average molecular weight is 464 g/mol. The number of rotatable bonds is 5. The molecule has 0 radical (unpaired) electrons. The number of fused-ring (bicyclic) bond motifs is 2. The van der Waals surface area contributed by atoms with Gasteiger partial charge in [0.25, 0.3) is 0 Å². The zero-order valence-corrected chi connectivity index (χ0v) is 18.1. The molecular weight excluding hydrogens is 442 g/mol. The van der Waals surface area contributed by atoms with E-state index in [-0.39, 0.29) is 35.4 Å². The summed E-state index contributed by atoms with van der Waals surface area (Å²) in [6.07, 6.45) is 6.29. The van der Waals surface area contributed by atoms with E-state index in [0.29, 0.717) is 23.1 Å². The van der Waals surface area contributed by atoms with Crippen molar-refractivity contribution in [1.29, 1.82) is 5.26 Å². The number of aromatic nitrogens is 5. The molecule has 2 saturated heterocycles. The Labute approximate surface area is 194 Å². The van der Waals surface area contributed by atoms with E-state index in [9.17, 15) is 9.50 Å². The van der Waals surface area contributed by atoms with Crippen molar-refractivity contribution in [2.75, 3.05) is 4.90 Å². The van der Waals surface area contributed by atoms with Crippen molar-refractivity contribution in [3.63, 3.8) is 0 Å². The number of halogens is 2. The minimum Gasteiger partial charge on any atom is -0.507 e. The highest BCUT2D eigenvalue weighted by Crippen LogP contribution is 2.40. The fourth-order valence-electron chi connectivity index (χ4n) is 5.15. The zero-order chi connectivity index (χ0) is 23.4. The van der Waals surface area contributed by atoms with Crippen LogP contribution < -0.4 is 10.2 Å². The van der Waals surface area contributed by atoms with Crippen LogP contribution in [0.25, 0.3) is 17.1 Å². The van der Waals surface area contributed by atoms with Gasteiger partial charge in [0.2, 0.25) is 0 Å². The number of alkyl halides is 1.